The number of pyridine rings is 1. The second-order valence-corrected chi connectivity index (χ2v) is 9.01. The molecular formula is C24H36N2O5. The van der Waals surface area contributed by atoms with Crippen molar-refractivity contribution in [2.45, 2.75) is 77.2 Å². The van der Waals surface area contributed by atoms with Crippen LogP contribution in [0.15, 0.2) is 12.1 Å². The number of amides is 1. The van der Waals surface area contributed by atoms with Gasteiger partial charge >= 0.3 is 5.97 Å². The van der Waals surface area contributed by atoms with Crippen molar-refractivity contribution in [3.8, 4) is 0 Å². The highest BCUT2D eigenvalue weighted by Gasteiger charge is 2.37. The first-order valence-electron chi connectivity index (χ1n) is 11.6. The lowest BCUT2D eigenvalue weighted by Crippen LogP contribution is -2.49. The number of aromatic nitrogens is 1. The van der Waals surface area contributed by atoms with Crippen LogP contribution in [0.2, 0.25) is 0 Å². The summed E-state index contributed by atoms with van der Waals surface area (Å²) in [7, 11) is 0. The molecule has 2 heterocycles. The molecule has 2 N–H and O–H groups in total. The zero-order valence-corrected chi connectivity index (χ0v) is 18.7. The van der Waals surface area contributed by atoms with Gasteiger partial charge in [0.1, 0.15) is 6.04 Å². The highest BCUT2D eigenvalue weighted by Crippen LogP contribution is 2.30. The van der Waals surface area contributed by atoms with E-state index in [0.717, 1.165) is 37.8 Å². The average molecular weight is 433 g/mol. The fraction of sp³-hybridized carbons (Fsp3) is 0.708. The lowest BCUT2D eigenvalue weighted by Gasteiger charge is -2.33. The molecule has 1 aromatic rings. The number of aliphatic carboxylic acids is 1. The lowest BCUT2D eigenvalue weighted by atomic mass is 9.81. The molecule has 1 fully saturated rings. The topological polar surface area (TPSA) is 97.8 Å². The van der Waals surface area contributed by atoms with Crippen molar-refractivity contribution in [3.63, 3.8) is 0 Å². The van der Waals surface area contributed by atoms with Gasteiger partial charge in [-0.3, -0.25) is 9.78 Å². The summed E-state index contributed by atoms with van der Waals surface area (Å²) in [6.45, 7) is 3.84. The van der Waals surface area contributed by atoms with Gasteiger partial charge in [0.05, 0.1) is 5.41 Å². The third-order valence-corrected chi connectivity index (χ3v) is 6.51. The molecule has 1 amide bonds. The Morgan fingerprint density at radius 3 is 2.74 bits per heavy atom. The number of carbonyl (C=O) groups is 2. The van der Waals surface area contributed by atoms with Gasteiger partial charge in [-0.2, -0.15) is 0 Å². The van der Waals surface area contributed by atoms with E-state index >= 15 is 0 Å². The second kappa shape index (κ2) is 11.6. The Balaban J connectivity index is 1.31. The van der Waals surface area contributed by atoms with E-state index in [0.29, 0.717) is 39.3 Å². The summed E-state index contributed by atoms with van der Waals surface area (Å²) in [6, 6.07) is 3.45. The predicted molar refractivity (Wildman–Crippen MR) is 117 cm³/mol. The van der Waals surface area contributed by atoms with Crippen LogP contribution in [0.5, 0.6) is 0 Å². The third kappa shape index (κ3) is 7.01. The molecule has 7 heteroatoms. The molecule has 0 saturated carbocycles. The van der Waals surface area contributed by atoms with Crippen molar-refractivity contribution in [1.29, 1.82) is 0 Å². The van der Waals surface area contributed by atoms with Gasteiger partial charge in [0.15, 0.2) is 0 Å². The molecule has 2 aliphatic rings. The molecule has 1 aliphatic carbocycles. The van der Waals surface area contributed by atoms with Crippen molar-refractivity contribution >= 4 is 11.9 Å². The van der Waals surface area contributed by atoms with Crippen molar-refractivity contribution in [2.24, 2.45) is 5.41 Å². The van der Waals surface area contributed by atoms with Gasteiger partial charge in [0.2, 0.25) is 5.91 Å². The second-order valence-electron chi connectivity index (χ2n) is 9.01. The first kappa shape index (κ1) is 23.7. The summed E-state index contributed by atoms with van der Waals surface area (Å²) in [5.74, 6) is -1.23. The zero-order valence-electron chi connectivity index (χ0n) is 18.7. The largest absolute Gasteiger partial charge is 0.480 e. The molecule has 1 atom stereocenters. The Morgan fingerprint density at radius 1 is 1.19 bits per heavy atom. The van der Waals surface area contributed by atoms with E-state index < -0.39 is 17.4 Å². The number of carbonyl (C=O) groups excluding carboxylic acids is 1. The minimum absolute atomic E-state index is 0.208. The Kier molecular flexibility index (Phi) is 8.84. The molecule has 3 rings (SSSR count). The minimum Gasteiger partial charge on any atom is -0.480 e. The Labute approximate surface area is 184 Å². The number of unbranched alkanes of at least 4 members (excludes halogenated alkanes) is 1. The predicted octanol–water partition coefficient (Wildman–Crippen LogP) is 3.08. The van der Waals surface area contributed by atoms with Gasteiger partial charge < -0.3 is 19.9 Å². The molecule has 0 bridgehead atoms. The molecule has 7 nitrogen and oxygen atoms in total. The van der Waals surface area contributed by atoms with E-state index in [9.17, 15) is 14.7 Å². The van der Waals surface area contributed by atoms with Crippen molar-refractivity contribution < 1.29 is 24.2 Å². The maximum Gasteiger partial charge on any atom is 0.326 e. The Bertz CT molecular complexity index is 745. The standard InChI is InChI=1S/C24H36N2O5/c1-24(12-16-31-17-13-24)23(29)26-21(22(27)28)11-15-30-14-5-4-7-19-10-9-18-6-2-3-8-20(18)25-19/h9-10,21H,2-8,11-17H2,1H3,(H,26,29)(H,27,28). The number of rotatable bonds is 11. The third-order valence-electron chi connectivity index (χ3n) is 6.51. The zero-order chi connectivity index (χ0) is 22.1. The monoisotopic (exact) mass is 432 g/mol. The van der Waals surface area contributed by atoms with Crippen LogP contribution in [0.25, 0.3) is 0 Å². The summed E-state index contributed by atoms with van der Waals surface area (Å²) < 4.78 is 11.0. The van der Waals surface area contributed by atoms with Crippen LogP contribution < -0.4 is 5.32 Å². The summed E-state index contributed by atoms with van der Waals surface area (Å²) in [5, 5.41) is 12.1. The lowest BCUT2D eigenvalue weighted by molar-refractivity contribution is -0.146. The quantitative estimate of drug-likeness (QED) is 0.522. The van der Waals surface area contributed by atoms with E-state index in [1.165, 1.54) is 24.1 Å². The summed E-state index contributed by atoms with van der Waals surface area (Å²) in [5.41, 5.74) is 3.27. The molecule has 0 aromatic carbocycles. The van der Waals surface area contributed by atoms with Crippen LogP contribution in [-0.4, -0.2) is 54.4 Å². The van der Waals surface area contributed by atoms with E-state index in [1.54, 1.807) is 0 Å². The molecule has 1 saturated heterocycles. The molecular weight excluding hydrogens is 396 g/mol. The normalized spacial score (nSPS) is 18.7. The number of carboxylic acids is 1. The molecule has 172 valence electrons. The highest BCUT2D eigenvalue weighted by molar-refractivity contribution is 5.87. The van der Waals surface area contributed by atoms with Crippen molar-refractivity contribution in [2.75, 3.05) is 26.4 Å². The SMILES string of the molecule is CC1(C(=O)NC(CCOCCCCc2ccc3c(n2)CCCC3)C(=O)O)CCOCC1. The van der Waals surface area contributed by atoms with Crippen LogP contribution >= 0.6 is 0 Å². The van der Waals surface area contributed by atoms with Gasteiger partial charge in [-0.25, -0.2) is 4.79 Å². The van der Waals surface area contributed by atoms with Gasteiger partial charge in [-0.15, -0.1) is 0 Å². The fourth-order valence-electron chi connectivity index (χ4n) is 4.22. The van der Waals surface area contributed by atoms with Crippen LogP contribution in [0.4, 0.5) is 0 Å². The molecule has 1 aromatic heterocycles. The average Bonchev–Trinajstić information content (AvgIpc) is 2.77. The van der Waals surface area contributed by atoms with E-state index in [2.05, 4.69) is 17.4 Å². The van der Waals surface area contributed by atoms with Crippen molar-refractivity contribution in [1.82, 2.24) is 10.3 Å². The van der Waals surface area contributed by atoms with Crippen molar-refractivity contribution in [3.05, 3.63) is 29.1 Å². The van der Waals surface area contributed by atoms with Crippen LogP contribution in [-0.2, 0) is 38.3 Å². The van der Waals surface area contributed by atoms with Gasteiger partial charge in [-0.1, -0.05) is 13.0 Å². The van der Waals surface area contributed by atoms with Gasteiger partial charge in [-0.05, 0) is 69.4 Å². The number of carboxylic acid groups (broad SMARTS) is 1. The van der Waals surface area contributed by atoms with E-state index in [-0.39, 0.29) is 12.3 Å². The minimum atomic E-state index is -1.02. The Hall–Kier alpha value is -1.99. The van der Waals surface area contributed by atoms with Gasteiger partial charge in [0.25, 0.3) is 0 Å². The first-order chi connectivity index (χ1) is 15.0. The van der Waals surface area contributed by atoms with E-state index in [1.807, 2.05) is 6.92 Å². The molecule has 1 unspecified atom stereocenters. The first-order valence-corrected chi connectivity index (χ1v) is 11.6. The van der Waals surface area contributed by atoms with Gasteiger partial charge in [0, 0.05) is 44.2 Å². The Morgan fingerprint density at radius 2 is 1.97 bits per heavy atom. The highest BCUT2D eigenvalue weighted by atomic mass is 16.5. The number of ether oxygens (including phenoxy) is 2. The van der Waals surface area contributed by atoms with E-state index in [4.69, 9.17) is 14.5 Å². The molecule has 0 radical (unpaired) electrons. The molecule has 31 heavy (non-hydrogen) atoms. The number of nitrogens with one attached hydrogen (secondary N) is 1. The van der Waals surface area contributed by atoms with Crippen LogP contribution in [0, 0.1) is 5.41 Å². The molecule has 1 aliphatic heterocycles. The summed E-state index contributed by atoms with van der Waals surface area (Å²) in [6.07, 6.45) is 9.08. The summed E-state index contributed by atoms with van der Waals surface area (Å²) >= 11 is 0. The van der Waals surface area contributed by atoms with Crippen LogP contribution in [0.1, 0.15) is 68.8 Å². The maximum absolute atomic E-state index is 12.6. The number of hydrogen-bond acceptors (Lipinski definition) is 5. The van der Waals surface area contributed by atoms with Crippen LogP contribution in [0.3, 0.4) is 0 Å². The fourth-order valence-corrected chi connectivity index (χ4v) is 4.22. The number of aryl methyl sites for hydroxylation is 3. The molecule has 0 spiro atoms. The summed E-state index contributed by atoms with van der Waals surface area (Å²) in [4.78, 5) is 28.9. The maximum atomic E-state index is 12.6. The number of hydrogen-bond donors (Lipinski definition) is 2. The number of nitrogens with zero attached hydrogens (tertiary/aromatic N) is 1. The number of fused-ring (bicyclic) bond motifs is 1. The smallest absolute Gasteiger partial charge is 0.326 e.